The fraction of sp³-hybridized carbons (Fsp3) is 0.0577. The maximum absolute atomic E-state index is 5.28. The number of aliphatic imine (C=N–C) groups is 2. The molecule has 6 heteroatoms. The third-order valence-corrected chi connectivity index (χ3v) is 13.2. The quantitative estimate of drug-likeness (QED) is 0.150. The molecule has 2 aliphatic rings. The summed E-state index contributed by atoms with van der Waals surface area (Å²) in [5, 5.41) is 0. The Kier molecular flexibility index (Phi) is 9.26. The zero-order valence-electron chi connectivity index (χ0n) is 32.0. The van der Waals surface area contributed by atoms with E-state index >= 15 is 0 Å². The number of benzene rings is 7. The van der Waals surface area contributed by atoms with Gasteiger partial charge in [0.25, 0.3) is 0 Å². The minimum absolute atomic E-state index is 0.214. The van der Waals surface area contributed by atoms with E-state index in [1.165, 1.54) is 22.3 Å². The molecule has 0 atom stereocenters. The normalized spacial score (nSPS) is 14.2. The van der Waals surface area contributed by atoms with E-state index in [0.717, 1.165) is 59.8 Å². The van der Waals surface area contributed by atoms with Gasteiger partial charge in [-0.1, -0.05) is 60.7 Å². The fourth-order valence-corrected chi connectivity index (χ4v) is 10.0. The number of fused-ring (bicyclic) bond motifs is 3. The van der Waals surface area contributed by atoms with Gasteiger partial charge in [-0.05, 0) is 0 Å². The van der Waals surface area contributed by atoms with Gasteiger partial charge < -0.3 is 0 Å². The summed E-state index contributed by atoms with van der Waals surface area (Å²) in [6.45, 7) is 4.63. The Morgan fingerprint density at radius 3 is 1.59 bits per heavy atom. The second-order valence-electron chi connectivity index (χ2n) is 14.9. The van der Waals surface area contributed by atoms with E-state index in [1.54, 1.807) is 0 Å². The van der Waals surface area contributed by atoms with Crippen molar-refractivity contribution in [2.75, 3.05) is 0 Å². The van der Waals surface area contributed by atoms with Crippen molar-refractivity contribution in [3.8, 4) is 56.4 Å². The topological polar surface area (TPSA) is 63.4 Å². The van der Waals surface area contributed by atoms with Crippen LogP contribution in [0.25, 0.3) is 62.1 Å². The van der Waals surface area contributed by atoms with Crippen molar-refractivity contribution in [2.24, 2.45) is 9.98 Å². The first kappa shape index (κ1) is 35.8. The second-order valence-corrected chi connectivity index (χ2v) is 17.2. The Labute approximate surface area is 349 Å². The monoisotopic (exact) mass is 858 g/mol. The van der Waals surface area contributed by atoms with Crippen molar-refractivity contribution in [1.82, 2.24) is 15.0 Å². The van der Waals surface area contributed by atoms with Crippen LogP contribution in [0, 0.1) is 0 Å². The van der Waals surface area contributed by atoms with Crippen molar-refractivity contribution in [3.05, 3.63) is 214 Å². The summed E-state index contributed by atoms with van der Waals surface area (Å²) >= 11 is -0.595. The Hall–Kier alpha value is -6.64. The molecule has 1 aromatic heterocycles. The molecule has 0 unspecified atom stereocenters. The number of hydrogen-bond acceptors (Lipinski definition) is 5. The number of aromatic nitrogens is 3. The molecular weight excluding hydrogens is 822 g/mol. The van der Waals surface area contributed by atoms with Crippen LogP contribution in [0.1, 0.15) is 41.7 Å². The van der Waals surface area contributed by atoms with Gasteiger partial charge in [0.2, 0.25) is 0 Å². The van der Waals surface area contributed by atoms with E-state index in [0.29, 0.717) is 17.5 Å². The van der Waals surface area contributed by atoms with E-state index in [2.05, 4.69) is 139 Å². The average molecular weight is 859 g/mol. The first-order chi connectivity index (χ1) is 28.5. The first-order valence-corrected chi connectivity index (χ1v) is 21.7. The predicted octanol–water partition coefficient (Wildman–Crippen LogP) is 9.14. The zero-order valence-corrected chi connectivity index (χ0v) is 34.2. The summed E-state index contributed by atoms with van der Waals surface area (Å²) in [6, 6.07) is 63.4. The van der Waals surface area contributed by atoms with Crippen molar-refractivity contribution in [3.63, 3.8) is 0 Å². The molecule has 8 aromatic rings. The SMILES string of the molecule is CC1(C)c2ccc(-c3cccc(C4=NC(c5ccccc5)=NC(c5ccccc5)=C[I-]4)c3)cc2-c2c(-c3nc(-c4ccccc4)nc(-c4ccccc4)n3)cccc21. The standard InChI is InChI=1S/C52H37IN5/c1-52(2)43-30-29-39(38-25-15-26-40(31-38)47-53-33-45(34-17-7-3-8-18-34)54-48(55-47)35-19-9-4-10-20-35)32-42(43)46-41(27-16-28-44(46)52)51-57-49(36-21-11-5-12-22-36)56-50(58-51)37-23-13-6-14-24-37/h3-33H,1-2H3/q-1. The molecule has 5 nitrogen and oxygen atoms in total. The van der Waals surface area contributed by atoms with Gasteiger partial charge in [0.15, 0.2) is 0 Å². The molecule has 0 fully saturated rings. The molecule has 10 rings (SSSR count). The summed E-state index contributed by atoms with van der Waals surface area (Å²) in [4.78, 5) is 25.7. The van der Waals surface area contributed by atoms with E-state index in [4.69, 9.17) is 24.9 Å². The summed E-state index contributed by atoms with van der Waals surface area (Å²) in [6.07, 6.45) is 0. The van der Waals surface area contributed by atoms with Crippen molar-refractivity contribution >= 4 is 15.3 Å². The Morgan fingerprint density at radius 1 is 0.397 bits per heavy atom. The van der Waals surface area contributed by atoms with Gasteiger partial charge in [0.1, 0.15) is 0 Å². The summed E-state index contributed by atoms with van der Waals surface area (Å²) in [5.41, 5.74) is 14.1. The summed E-state index contributed by atoms with van der Waals surface area (Å²) in [7, 11) is 0. The van der Waals surface area contributed by atoms with Gasteiger partial charge >= 0.3 is 274 Å². The van der Waals surface area contributed by atoms with Crippen LogP contribution in [0.2, 0.25) is 0 Å². The van der Waals surface area contributed by atoms with Crippen LogP contribution in [-0.2, 0) is 5.41 Å². The van der Waals surface area contributed by atoms with E-state index in [-0.39, 0.29) is 5.41 Å². The van der Waals surface area contributed by atoms with Crippen LogP contribution in [0.5, 0.6) is 0 Å². The fourth-order valence-electron chi connectivity index (χ4n) is 7.89. The first-order valence-electron chi connectivity index (χ1n) is 19.4. The number of nitrogens with zero attached hydrogens (tertiary/aromatic N) is 5. The molecule has 0 spiro atoms. The van der Waals surface area contributed by atoms with Gasteiger partial charge in [-0.15, -0.1) is 0 Å². The Balaban J connectivity index is 1.08. The van der Waals surface area contributed by atoms with Crippen LogP contribution in [0.4, 0.5) is 0 Å². The molecule has 0 N–H and O–H groups in total. The van der Waals surface area contributed by atoms with Gasteiger partial charge in [-0.2, -0.15) is 0 Å². The average Bonchev–Trinajstić information content (AvgIpc) is 3.40. The van der Waals surface area contributed by atoms with Crippen molar-refractivity contribution in [2.45, 2.75) is 19.3 Å². The van der Waals surface area contributed by atoms with E-state index < -0.39 is 21.2 Å². The Bertz CT molecular complexity index is 2860. The van der Waals surface area contributed by atoms with Crippen LogP contribution < -0.4 is 21.2 Å². The van der Waals surface area contributed by atoms with Gasteiger partial charge in [0.05, 0.1) is 0 Å². The second kappa shape index (κ2) is 15.0. The van der Waals surface area contributed by atoms with E-state index in [1.807, 2.05) is 60.7 Å². The molecule has 0 bridgehead atoms. The predicted molar refractivity (Wildman–Crippen MR) is 233 cm³/mol. The molecular formula is C52H37IN5-. The summed E-state index contributed by atoms with van der Waals surface area (Å²) in [5.74, 6) is 2.71. The molecule has 7 aromatic carbocycles. The maximum atomic E-state index is 5.28. The molecule has 0 saturated heterocycles. The molecule has 2 heterocycles. The summed E-state index contributed by atoms with van der Waals surface area (Å²) < 4.78 is 3.39. The minimum atomic E-state index is -0.595. The molecule has 278 valence electrons. The number of amidine groups is 1. The van der Waals surface area contributed by atoms with Crippen LogP contribution in [0.3, 0.4) is 0 Å². The molecule has 0 saturated carbocycles. The molecule has 0 radical (unpaired) electrons. The van der Waals surface area contributed by atoms with Crippen molar-refractivity contribution < 1.29 is 21.2 Å². The number of rotatable bonds is 7. The van der Waals surface area contributed by atoms with Crippen LogP contribution in [-0.4, -0.2) is 24.5 Å². The number of halogens is 1. The van der Waals surface area contributed by atoms with Gasteiger partial charge in [0, 0.05) is 11.1 Å². The molecule has 0 amide bonds. The molecule has 1 aliphatic heterocycles. The zero-order chi connectivity index (χ0) is 39.1. The third-order valence-electron chi connectivity index (χ3n) is 10.9. The van der Waals surface area contributed by atoms with Crippen molar-refractivity contribution in [1.29, 1.82) is 0 Å². The Morgan fingerprint density at radius 2 is 0.931 bits per heavy atom. The number of hydrogen-bond donors (Lipinski definition) is 0. The molecule has 58 heavy (non-hydrogen) atoms. The van der Waals surface area contributed by atoms with Gasteiger partial charge in [-0.3, -0.25) is 0 Å². The molecule has 1 aliphatic carbocycles. The van der Waals surface area contributed by atoms with Gasteiger partial charge in [-0.25, -0.2) is 4.98 Å². The van der Waals surface area contributed by atoms with Crippen LogP contribution in [0.15, 0.2) is 196 Å². The van der Waals surface area contributed by atoms with Crippen LogP contribution >= 0.6 is 0 Å². The third kappa shape index (κ3) is 6.69. The van der Waals surface area contributed by atoms with E-state index in [9.17, 15) is 0 Å².